The number of fused-ring (bicyclic) bond motifs is 1. The van der Waals surface area contributed by atoms with Crippen molar-refractivity contribution in [3.05, 3.63) is 45.4 Å². The molecular formula is C20H22BrClN2O2. The lowest BCUT2D eigenvalue weighted by atomic mass is 9.99. The maximum atomic E-state index is 6.49. The van der Waals surface area contributed by atoms with Crippen LogP contribution in [-0.2, 0) is 6.42 Å². The molecule has 0 saturated heterocycles. The first-order chi connectivity index (χ1) is 12.6. The summed E-state index contributed by atoms with van der Waals surface area (Å²) < 4.78 is 12.1. The summed E-state index contributed by atoms with van der Waals surface area (Å²) in [5.41, 5.74) is 9.79. The van der Waals surface area contributed by atoms with E-state index in [9.17, 15) is 0 Å². The molecule has 0 atom stereocenters. The molecule has 4 nitrogen and oxygen atoms in total. The van der Waals surface area contributed by atoms with Crippen molar-refractivity contribution < 1.29 is 9.47 Å². The molecule has 0 aliphatic rings. The van der Waals surface area contributed by atoms with E-state index in [0.717, 1.165) is 45.9 Å². The minimum absolute atomic E-state index is 0.683. The van der Waals surface area contributed by atoms with E-state index < -0.39 is 0 Å². The fraction of sp³-hybridized carbons (Fsp3) is 0.300. The number of aromatic amines is 1. The van der Waals surface area contributed by atoms with Crippen molar-refractivity contribution >= 4 is 38.4 Å². The Morgan fingerprint density at radius 2 is 1.96 bits per heavy atom. The van der Waals surface area contributed by atoms with Gasteiger partial charge in [0.05, 0.1) is 30.5 Å². The molecule has 26 heavy (non-hydrogen) atoms. The van der Waals surface area contributed by atoms with Crippen LogP contribution in [0.2, 0.25) is 5.02 Å². The third-order valence-corrected chi connectivity index (χ3v) is 5.24. The zero-order valence-electron chi connectivity index (χ0n) is 14.9. The van der Waals surface area contributed by atoms with Crippen LogP contribution >= 0.6 is 27.5 Å². The third-order valence-electron chi connectivity index (χ3n) is 4.49. The summed E-state index contributed by atoms with van der Waals surface area (Å²) in [6, 6.07) is 9.88. The summed E-state index contributed by atoms with van der Waals surface area (Å²) in [6.07, 6.45) is 2.88. The number of nitrogens with one attached hydrogen (secondary N) is 1. The van der Waals surface area contributed by atoms with Gasteiger partial charge in [-0.25, -0.2) is 0 Å². The molecule has 6 heteroatoms. The SMILES string of the molecule is COc1cccc(-c2[nH]c3c(Cl)cc(Br)cc3c2CCCCN)c1OC. The monoisotopic (exact) mass is 436 g/mol. The lowest BCUT2D eigenvalue weighted by Crippen LogP contribution is -2.00. The second-order valence-electron chi connectivity index (χ2n) is 6.08. The van der Waals surface area contributed by atoms with Crippen LogP contribution in [0.3, 0.4) is 0 Å². The summed E-state index contributed by atoms with van der Waals surface area (Å²) in [5.74, 6) is 1.40. The molecule has 3 rings (SSSR count). The standard InChI is InChI=1S/C20H22BrClN2O2/c1-25-17-8-5-7-14(20(17)26-2)18-13(6-3-4-9-23)15-10-12(21)11-16(22)19(15)24-18/h5,7-8,10-11,24H,3-4,6,9,23H2,1-2H3. The fourth-order valence-electron chi connectivity index (χ4n) is 3.29. The Balaban J connectivity index is 2.25. The number of nitrogens with two attached hydrogens (primary N) is 1. The molecule has 0 unspecified atom stereocenters. The molecule has 138 valence electrons. The molecule has 1 heterocycles. The predicted molar refractivity (Wildman–Crippen MR) is 112 cm³/mol. The molecule has 3 aromatic rings. The van der Waals surface area contributed by atoms with Gasteiger partial charge >= 0.3 is 0 Å². The summed E-state index contributed by atoms with van der Waals surface area (Å²) in [7, 11) is 3.30. The Morgan fingerprint density at radius 3 is 2.65 bits per heavy atom. The van der Waals surface area contributed by atoms with Gasteiger partial charge in [-0.1, -0.05) is 33.6 Å². The van der Waals surface area contributed by atoms with Crippen LogP contribution in [0.1, 0.15) is 18.4 Å². The highest BCUT2D eigenvalue weighted by atomic mass is 79.9. The number of hydrogen-bond donors (Lipinski definition) is 2. The Bertz CT molecular complexity index is 924. The van der Waals surface area contributed by atoms with E-state index in [0.29, 0.717) is 23.1 Å². The Kier molecular flexibility index (Phi) is 6.12. The number of H-pyrrole nitrogens is 1. The topological polar surface area (TPSA) is 60.3 Å². The van der Waals surface area contributed by atoms with Gasteiger partial charge in [0.15, 0.2) is 11.5 Å². The number of para-hydroxylation sites is 1. The van der Waals surface area contributed by atoms with Crippen LogP contribution in [0.25, 0.3) is 22.2 Å². The zero-order valence-corrected chi connectivity index (χ0v) is 17.2. The normalized spacial score (nSPS) is 11.1. The van der Waals surface area contributed by atoms with E-state index >= 15 is 0 Å². The highest BCUT2D eigenvalue weighted by Crippen LogP contribution is 2.43. The summed E-state index contributed by atoms with van der Waals surface area (Å²) in [6.45, 7) is 0.685. The number of aromatic nitrogens is 1. The first-order valence-electron chi connectivity index (χ1n) is 8.51. The third kappa shape index (κ3) is 3.56. The lowest BCUT2D eigenvalue weighted by molar-refractivity contribution is 0.356. The van der Waals surface area contributed by atoms with E-state index in [-0.39, 0.29) is 0 Å². The molecule has 0 saturated carbocycles. The molecule has 0 aliphatic heterocycles. The Hall–Kier alpha value is -1.69. The highest BCUT2D eigenvalue weighted by molar-refractivity contribution is 9.10. The van der Waals surface area contributed by atoms with E-state index in [1.807, 2.05) is 24.3 Å². The molecule has 0 spiro atoms. The van der Waals surface area contributed by atoms with Crippen LogP contribution in [0.5, 0.6) is 11.5 Å². The first kappa shape index (κ1) is 19.1. The molecule has 0 fully saturated rings. The second-order valence-corrected chi connectivity index (χ2v) is 7.40. The highest BCUT2D eigenvalue weighted by Gasteiger charge is 2.20. The van der Waals surface area contributed by atoms with Gasteiger partial charge in [0.2, 0.25) is 0 Å². The van der Waals surface area contributed by atoms with Crippen LogP contribution in [-0.4, -0.2) is 25.7 Å². The number of halogens is 2. The van der Waals surface area contributed by atoms with Gasteiger partial charge in [0.25, 0.3) is 0 Å². The van der Waals surface area contributed by atoms with Crippen LogP contribution in [0.15, 0.2) is 34.8 Å². The van der Waals surface area contributed by atoms with Crippen molar-refractivity contribution in [1.29, 1.82) is 0 Å². The van der Waals surface area contributed by atoms with Crippen molar-refractivity contribution in [2.24, 2.45) is 5.73 Å². The number of methoxy groups -OCH3 is 2. The maximum absolute atomic E-state index is 6.49. The second kappa shape index (κ2) is 8.33. The maximum Gasteiger partial charge on any atom is 0.170 e. The van der Waals surface area contributed by atoms with Crippen molar-refractivity contribution in [2.45, 2.75) is 19.3 Å². The average molecular weight is 438 g/mol. The number of unbranched alkanes of at least 4 members (excludes halogenated alkanes) is 1. The van der Waals surface area contributed by atoms with E-state index in [1.54, 1.807) is 14.2 Å². The van der Waals surface area contributed by atoms with Gasteiger partial charge in [-0.2, -0.15) is 0 Å². The number of hydrogen-bond acceptors (Lipinski definition) is 3. The van der Waals surface area contributed by atoms with Gasteiger partial charge in [0, 0.05) is 15.4 Å². The summed E-state index contributed by atoms with van der Waals surface area (Å²) in [5, 5.41) is 1.80. The van der Waals surface area contributed by atoms with Crippen molar-refractivity contribution in [2.75, 3.05) is 20.8 Å². The van der Waals surface area contributed by atoms with Crippen molar-refractivity contribution in [3.63, 3.8) is 0 Å². The quantitative estimate of drug-likeness (QED) is 0.476. The minimum Gasteiger partial charge on any atom is -0.493 e. The van der Waals surface area contributed by atoms with Gasteiger partial charge < -0.3 is 20.2 Å². The molecular weight excluding hydrogens is 416 g/mol. The van der Waals surface area contributed by atoms with Gasteiger partial charge in [-0.05, 0) is 55.6 Å². The predicted octanol–water partition coefficient (Wildman–Crippen LogP) is 5.55. The lowest BCUT2D eigenvalue weighted by Gasteiger charge is -2.13. The van der Waals surface area contributed by atoms with Crippen molar-refractivity contribution in [3.8, 4) is 22.8 Å². The Morgan fingerprint density at radius 1 is 1.15 bits per heavy atom. The number of aryl methyl sites for hydroxylation is 1. The van der Waals surface area contributed by atoms with E-state index in [4.69, 9.17) is 26.8 Å². The minimum atomic E-state index is 0.683. The fourth-order valence-corrected chi connectivity index (χ4v) is 4.15. The molecule has 0 aliphatic carbocycles. The molecule has 2 aromatic carbocycles. The molecule has 0 radical (unpaired) electrons. The average Bonchev–Trinajstić information content (AvgIpc) is 3.00. The first-order valence-corrected chi connectivity index (χ1v) is 9.68. The van der Waals surface area contributed by atoms with Crippen LogP contribution in [0, 0.1) is 0 Å². The molecule has 1 aromatic heterocycles. The summed E-state index contributed by atoms with van der Waals surface area (Å²) in [4.78, 5) is 3.51. The number of benzene rings is 2. The van der Waals surface area contributed by atoms with Crippen LogP contribution < -0.4 is 15.2 Å². The molecule has 3 N–H and O–H groups in total. The number of ether oxygens (including phenoxy) is 2. The van der Waals surface area contributed by atoms with Gasteiger partial charge in [0.1, 0.15) is 0 Å². The van der Waals surface area contributed by atoms with Gasteiger partial charge in [-0.3, -0.25) is 0 Å². The van der Waals surface area contributed by atoms with E-state index in [1.165, 1.54) is 5.56 Å². The van der Waals surface area contributed by atoms with Crippen molar-refractivity contribution in [1.82, 2.24) is 4.98 Å². The zero-order chi connectivity index (χ0) is 18.7. The Labute approximate surface area is 166 Å². The van der Waals surface area contributed by atoms with Gasteiger partial charge in [-0.15, -0.1) is 0 Å². The van der Waals surface area contributed by atoms with E-state index in [2.05, 4.69) is 27.0 Å². The summed E-state index contributed by atoms with van der Waals surface area (Å²) >= 11 is 10.0. The number of rotatable bonds is 7. The largest absolute Gasteiger partial charge is 0.493 e. The molecule has 0 bridgehead atoms. The van der Waals surface area contributed by atoms with Crippen LogP contribution in [0.4, 0.5) is 0 Å². The molecule has 0 amide bonds. The smallest absolute Gasteiger partial charge is 0.170 e.